The number of imidazole rings is 1. The number of aliphatic hydroxyl groups is 1. The Balaban J connectivity index is 1.51. The first-order chi connectivity index (χ1) is 27.2. The smallest absolute Gasteiger partial charge is 0.408 e. The number of aliphatic hydroxyl groups excluding tert-OH is 1. The van der Waals surface area contributed by atoms with E-state index >= 15 is 0 Å². The highest BCUT2D eigenvalue weighted by Gasteiger charge is 2.34. The Morgan fingerprint density at radius 1 is 0.947 bits per heavy atom. The van der Waals surface area contributed by atoms with Crippen molar-refractivity contribution in [2.75, 3.05) is 0 Å². The SMILES string of the molecule is CCC(C)C(NC(=O)CC(O)C(CC1CCCCC1)NC(=O)C(Cc1cnc[nH]1)NC(=O)C(Cc1ccccc1)NC(=O)OC(C)(C)C)C(=O)NCn1ncnn1. The van der Waals surface area contributed by atoms with Crippen LogP contribution in [0.5, 0.6) is 0 Å². The number of H-pyrrole nitrogens is 1. The molecular weight excluding hydrogens is 734 g/mol. The number of rotatable bonds is 20. The molecule has 18 nitrogen and oxygen atoms in total. The molecule has 0 bridgehead atoms. The van der Waals surface area contributed by atoms with Crippen LogP contribution in [-0.4, -0.2) is 101 Å². The highest BCUT2D eigenvalue weighted by Crippen LogP contribution is 2.28. The number of hydrogen-bond donors (Lipinski definition) is 7. The molecule has 0 radical (unpaired) electrons. The van der Waals surface area contributed by atoms with E-state index in [-0.39, 0.29) is 37.8 Å². The summed E-state index contributed by atoms with van der Waals surface area (Å²) >= 11 is 0. The summed E-state index contributed by atoms with van der Waals surface area (Å²) in [6, 6.07) is 5.11. The average Bonchev–Trinajstić information content (AvgIpc) is 3.90. The third-order valence-electron chi connectivity index (χ3n) is 10.00. The van der Waals surface area contributed by atoms with E-state index in [0.717, 1.165) is 37.7 Å². The van der Waals surface area contributed by atoms with E-state index in [1.54, 1.807) is 20.8 Å². The minimum absolute atomic E-state index is 0.0185. The largest absolute Gasteiger partial charge is 0.444 e. The first-order valence-corrected chi connectivity index (χ1v) is 19.8. The molecule has 2 aromatic heterocycles. The monoisotopic (exact) mass is 793 g/mol. The number of hydrogen-bond acceptors (Lipinski definition) is 11. The maximum Gasteiger partial charge on any atom is 0.408 e. The standard InChI is InChI=1S/C39H59N11O7/c1-6-25(2)34(37(55)42-24-50-44-23-43-49-50)48-33(52)20-32(51)29(17-26-13-9-7-10-14-26)45-36(54)31(19-28-21-40-22-41-28)46-35(53)30(18-27-15-11-8-12-16-27)47-38(56)57-39(3,4)5/h8,11-12,15-16,21-23,25-26,29-32,34,51H,6-7,9-10,13-14,17-20,24H2,1-5H3,(H,40,41)(H,42,55)(H,45,54)(H,46,53)(H,47,56)(H,48,52). The number of tetrazole rings is 1. The zero-order chi connectivity index (χ0) is 41.4. The predicted molar refractivity (Wildman–Crippen MR) is 209 cm³/mol. The Kier molecular flexibility index (Phi) is 16.9. The molecule has 1 fully saturated rings. The van der Waals surface area contributed by atoms with Gasteiger partial charge < -0.3 is 41.4 Å². The molecule has 4 rings (SSSR count). The molecule has 1 saturated carbocycles. The summed E-state index contributed by atoms with van der Waals surface area (Å²) in [5.74, 6) is -2.27. The second-order valence-corrected chi connectivity index (χ2v) is 15.8. The lowest BCUT2D eigenvalue weighted by Crippen LogP contribution is -2.58. The molecule has 6 unspecified atom stereocenters. The topological polar surface area (TPSA) is 247 Å². The van der Waals surface area contributed by atoms with Crippen LogP contribution in [-0.2, 0) is 43.4 Å². The molecule has 3 aromatic rings. The molecule has 6 atom stereocenters. The van der Waals surface area contributed by atoms with Gasteiger partial charge in [0.1, 0.15) is 30.4 Å². The van der Waals surface area contributed by atoms with Gasteiger partial charge in [0, 0.05) is 24.7 Å². The normalized spacial score (nSPS) is 16.5. The molecule has 1 aromatic carbocycles. The summed E-state index contributed by atoms with van der Waals surface area (Å²) < 4.78 is 5.45. The maximum atomic E-state index is 14.2. The van der Waals surface area contributed by atoms with Crippen molar-refractivity contribution in [1.29, 1.82) is 0 Å². The van der Waals surface area contributed by atoms with Crippen LogP contribution in [0.4, 0.5) is 4.79 Å². The van der Waals surface area contributed by atoms with Gasteiger partial charge in [0.25, 0.3) is 0 Å². The second-order valence-electron chi connectivity index (χ2n) is 15.8. The van der Waals surface area contributed by atoms with Crippen molar-refractivity contribution >= 4 is 29.7 Å². The fourth-order valence-electron chi connectivity index (χ4n) is 6.77. The van der Waals surface area contributed by atoms with Gasteiger partial charge in [0.2, 0.25) is 23.6 Å². The third kappa shape index (κ3) is 15.2. The Morgan fingerprint density at radius 2 is 1.65 bits per heavy atom. The van der Waals surface area contributed by atoms with Crippen LogP contribution >= 0.6 is 0 Å². The summed E-state index contributed by atoms with van der Waals surface area (Å²) in [6.45, 7) is 8.84. The molecule has 0 saturated heterocycles. The van der Waals surface area contributed by atoms with Gasteiger partial charge in [-0.3, -0.25) is 19.2 Å². The van der Waals surface area contributed by atoms with E-state index in [1.165, 1.54) is 23.6 Å². The van der Waals surface area contributed by atoms with Crippen LogP contribution < -0.4 is 26.6 Å². The number of carbonyl (C=O) groups excluding carboxylic acids is 5. The molecule has 1 aliphatic carbocycles. The van der Waals surface area contributed by atoms with Crippen molar-refractivity contribution in [2.45, 2.75) is 141 Å². The van der Waals surface area contributed by atoms with E-state index in [0.29, 0.717) is 18.5 Å². The number of amides is 5. The summed E-state index contributed by atoms with van der Waals surface area (Å²) in [4.78, 5) is 76.0. The summed E-state index contributed by atoms with van der Waals surface area (Å²) in [5.41, 5.74) is 0.523. The Bertz CT molecular complexity index is 1690. The first kappa shape index (κ1) is 44.3. The highest BCUT2D eigenvalue weighted by molar-refractivity contribution is 5.92. The van der Waals surface area contributed by atoms with Crippen LogP contribution in [0.2, 0.25) is 0 Å². The molecule has 5 amide bonds. The van der Waals surface area contributed by atoms with Gasteiger partial charge >= 0.3 is 6.09 Å². The van der Waals surface area contributed by atoms with Crippen molar-refractivity contribution in [1.82, 2.24) is 56.8 Å². The molecular formula is C39H59N11O7. The van der Waals surface area contributed by atoms with Gasteiger partial charge in [-0.25, -0.2) is 9.78 Å². The van der Waals surface area contributed by atoms with Crippen molar-refractivity contribution in [3.63, 3.8) is 0 Å². The maximum absolute atomic E-state index is 14.2. The molecule has 7 N–H and O–H groups in total. The number of ether oxygens (including phenoxy) is 1. The number of carbonyl (C=O) groups is 5. The van der Waals surface area contributed by atoms with E-state index in [4.69, 9.17) is 4.74 Å². The zero-order valence-electron chi connectivity index (χ0n) is 33.6. The molecule has 57 heavy (non-hydrogen) atoms. The third-order valence-corrected chi connectivity index (χ3v) is 10.00. The zero-order valence-corrected chi connectivity index (χ0v) is 33.6. The average molecular weight is 794 g/mol. The predicted octanol–water partition coefficient (Wildman–Crippen LogP) is 2.07. The molecule has 312 valence electrons. The minimum atomic E-state index is -1.32. The number of alkyl carbamates (subject to hydrolysis) is 1. The first-order valence-electron chi connectivity index (χ1n) is 19.8. The van der Waals surface area contributed by atoms with Crippen molar-refractivity contribution in [3.8, 4) is 0 Å². The second kappa shape index (κ2) is 21.8. The Morgan fingerprint density at radius 3 is 2.28 bits per heavy atom. The van der Waals surface area contributed by atoms with E-state index < -0.39 is 65.6 Å². The van der Waals surface area contributed by atoms with E-state index in [9.17, 15) is 29.1 Å². The molecule has 2 heterocycles. The number of benzene rings is 1. The van der Waals surface area contributed by atoms with Gasteiger partial charge in [-0.15, -0.1) is 15.0 Å². The van der Waals surface area contributed by atoms with Crippen LogP contribution in [0.1, 0.15) is 97.2 Å². The lowest BCUT2D eigenvalue weighted by Gasteiger charge is -2.32. The van der Waals surface area contributed by atoms with Crippen LogP contribution in [0.15, 0.2) is 49.2 Å². The summed E-state index contributed by atoms with van der Waals surface area (Å²) in [7, 11) is 0. The molecule has 1 aliphatic rings. The summed E-state index contributed by atoms with van der Waals surface area (Å²) in [5, 5.41) is 36.8. The quantitative estimate of drug-likeness (QED) is 0.0873. The number of aromatic nitrogens is 6. The van der Waals surface area contributed by atoms with E-state index in [2.05, 4.69) is 52.0 Å². The van der Waals surface area contributed by atoms with Crippen molar-refractivity contribution in [3.05, 3.63) is 60.4 Å². The Hall–Kier alpha value is -5.39. The Labute approximate surface area is 333 Å². The van der Waals surface area contributed by atoms with Crippen LogP contribution in [0.25, 0.3) is 0 Å². The van der Waals surface area contributed by atoms with Gasteiger partial charge in [0.15, 0.2) is 6.33 Å². The lowest BCUT2D eigenvalue weighted by atomic mass is 9.83. The highest BCUT2D eigenvalue weighted by atomic mass is 16.6. The van der Waals surface area contributed by atoms with Gasteiger partial charge in [-0.1, -0.05) is 82.7 Å². The van der Waals surface area contributed by atoms with Crippen LogP contribution in [0.3, 0.4) is 0 Å². The van der Waals surface area contributed by atoms with Gasteiger partial charge in [0.05, 0.1) is 24.9 Å². The number of aromatic amines is 1. The van der Waals surface area contributed by atoms with Gasteiger partial charge in [-0.05, 0) is 49.8 Å². The fraction of sp³-hybridized carbons (Fsp3) is 0.615. The number of nitrogens with one attached hydrogen (secondary N) is 6. The molecule has 18 heteroatoms. The van der Waals surface area contributed by atoms with Crippen LogP contribution in [0, 0.1) is 11.8 Å². The lowest BCUT2D eigenvalue weighted by molar-refractivity contribution is -0.133. The molecule has 0 aliphatic heterocycles. The molecule has 0 spiro atoms. The summed E-state index contributed by atoms with van der Waals surface area (Å²) in [6.07, 6.45) is 7.83. The minimum Gasteiger partial charge on any atom is -0.444 e. The van der Waals surface area contributed by atoms with Crippen molar-refractivity contribution in [2.24, 2.45) is 11.8 Å². The van der Waals surface area contributed by atoms with Gasteiger partial charge in [-0.2, -0.15) is 0 Å². The number of nitrogens with zero attached hydrogens (tertiary/aromatic N) is 5. The van der Waals surface area contributed by atoms with E-state index in [1.807, 2.05) is 44.2 Å². The fourth-order valence-corrected chi connectivity index (χ4v) is 6.77. The van der Waals surface area contributed by atoms with Crippen molar-refractivity contribution < 1.29 is 33.8 Å².